The molecule has 0 aliphatic carbocycles. The molecule has 0 saturated heterocycles. The largest absolute Gasteiger partial charge is 0.340 e. The fourth-order valence-corrected chi connectivity index (χ4v) is 3.76. The number of benzene rings is 4. The summed E-state index contributed by atoms with van der Waals surface area (Å²) in [6.45, 7) is 0. The summed E-state index contributed by atoms with van der Waals surface area (Å²) in [6, 6.07) is 35.2. The van der Waals surface area contributed by atoms with Gasteiger partial charge in [-0.05, 0) is 52.1 Å². The van der Waals surface area contributed by atoms with E-state index >= 15 is 0 Å². The third-order valence-corrected chi connectivity index (χ3v) is 5.46. The van der Waals surface area contributed by atoms with Crippen molar-refractivity contribution >= 4 is 22.4 Å². The van der Waals surface area contributed by atoms with Gasteiger partial charge in [-0.25, -0.2) is 9.97 Å². The van der Waals surface area contributed by atoms with Crippen LogP contribution >= 0.6 is 0 Å². The fraction of sp³-hybridized carbons (Fsp3) is 0.0357. The highest BCUT2D eigenvalue weighted by Crippen LogP contribution is 2.30. The molecule has 4 aromatic carbocycles. The Hall–Kier alpha value is -4.49. The summed E-state index contributed by atoms with van der Waals surface area (Å²) in [7, 11) is 0. The van der Waals surface area contributed by atoms with Crippen LogP contribution in [0, 0.1) is 11.3 Å². The summed E-state index contributed by atoms with van der Waals surface area (Å²) >= 11 is 0. The van der Waals surface area contributed by atoms with Gasteiger partial charge >= 0.3 is 0 Å². The van der Waals surface area contributed by atoms with Crippen molar-refractivity contribution in [2.75, 3.05) is 5.32 Å². The van der Waals surface area contributed by atoms with Gasteiger partial charge in [0.15, 0.2) is 0 Å². The Bertz CT molecular complexity index is 1400. The van der Waals surface area contributed by atoms with E-state index in [1.54, 1.807) is 6.33 Å². The number of nitriles is 1. The van der Waals surface area contributed by atoms with Gasteiger partial charge in [-0.1, -0.05) is 72.8 Å². The zero-order chi connectivity index (χ0) is 21.8. The maximum atomic E-state index is 8.85. The van der Waals surface area contributed by atoms with Gasteiger partial charge < -0.3 is 5.32 Å². The van der Waals surface area contributed by atoms with Gasteiger partial charge in [0.2, 0.25) is 0 Å². The Balaban J connectivity index is 1.46. The molecule has 1 heterocycles. The first kappa shape index (κ1) is 19.5. The number of fused-ring (bicyclic) bond motifs is 1. The summed E-state index contributed by atoms with van der Waals surface area (Å²) < 4.78 is 0. The first-order valence-electron chi connectivity index (χ1n) is 10.4. The standard InChI is InChI=1S/C28H20N4/c29-17-16-20-6-13-25(14-7-20)32-28-26-18-24(12-15-27(26)30-19-31-28)23-10-8-22(9-11-23)21-4-2-1-3-5-21/h1-15,18-19H,16H2,(H,30,31,32). The highest BCUT2D eigenvalue weighted by atomic mass is 15.0. The van der Waals surface area contributed by atoms with Crippen LogP contribution < -0.4 is 5.32 Å². The van der Waals surface area contributed by atoms with E-state index < -0.39 is 0 Å². The third-order valence-electron chi connectivity index (χ3n) is 5.46. The van der Waals surface area contributed by atoms with E-state index in [-0.39, 0.29) is 0 Å². The zero-order valence-electron chi connectivity index (χ0n) is 17.4. The van der Waals surface area contributed by atoms with E-state index in [2.05, 4.69) is 82.0 Å². The Morgan fingerprint density at radius 3 is 2.06 bits per heavy atom. The molecule has 4 nitrogen and oxygen atoms in total. The first-order chi connectivity index (χ1) is 15.8. The molecule has 5 rings (SSSR count). The van der Waals surface area contributed by atoms with Crippen molar-refractivity contribution in [3.05, 3.63) is 109 Å². The van der Waals surface area contributed by atoms with E-state index in [4.69, 9.17) is 5.26 Å². The lowest BCUT2D eigenvalue weighted by atomic mass is 9.99. The SMILES string of the molecule is N#CCc1ccc(Nc2ncnc3ccc(-c4ccc(-c5ccccc5)cc4)cc23)cc1. The number of anilines is 2. The number of rotatable bonds is 5. The second kappa shape index (κ2) is 8.71. The molecule has 0 amide bonds. The first-order valence-corrected chi connectivity index (χ1v) is 10.4. The minimum atomic E-state index is 0.406. The van der Waals surface area contributed by atoms with Gasteiger partial charge in [-0.3, -0.25) is 0 Å². The van der Waals surface area contributed by atoms with Gasteiger partial charge in [-0.15, -0.1) is 0 Å². The average Bonchev–Trinajstić information content (AvgIpc) is 2.86. The van der Waals surface area contributed by atoms with Gasteiger partial charge in [-0.2, -0.15) is 5.26 Å². The minimum absolute atomic E-state index is 0.406. The molecule has 4 heteroatoms. The highest BCUT2D eigenvalue weighted by molar-refractivity contribution is 5.94. The van der Waals surface area contributed by atoms with E-state index in [0.717, 1.165) is 39.1 Å². The van der Waals surface area contributed by atoms with Crippen molar-refractivity contribution in [2.24, 2.45) is 0 Å². The van der Waals surface area contributed by atoms with Crippen molar-refractivity contribution in [1.29, 1.82) is 5.26 Å². The molecular formula is C28H20N4. The summed E-state index contributed by atoms with van der Waals surface area (Å²) in [5.41, 5.74) is 7.45. The van der Waals surface area contributed by atoms with Crippen LogP contribution in [0.3, 0.4) is 0 Å². The van der Waals surface area contributed by atoms with Gasteiger partial charge in [0.1, 0.15) is 12.1 Å². The number of hydrogen-bond acceptors (Lipinski definition) is 4. The molecule has 5 aromatic rings. The fourth-order valence-electron chi connectivity index (χ4n) is 3.76. The van der Waals surface area contributed by atoms with Crippen molar-refractivity contribution < 1.29 is 0 Å². The molecule has 32 heavy (non-hydrogen) atoms. The van der Waals surface area contributed by atoms with E-state index in [1.807, 2.05) is 36.4 Å². The maximum Gasteiger partial charge on any atom is 0.141 e. The van der Waals surface area contributed by atoms with Crippen LogP contribution in [-0.4, -0.2) is 9.97 Å². The molecule has 1 N–H and O–H groups in total. The van der Waals surface area contributed by atoms with Crippen molar-refractivity contribution in [3.63, 3.8) is 0 Å². The van der Waals surface area contributed by atoms with Crippen LogP contribution in [0.1, 0.15) is 5.56 Å². The molecule has 152 valence electrons. The molecule has 0 radical (unpaired) electrons. The Kier molecular flexibility index (Phi) is 5.30. The van der Waals surface area contributed by atoms with Crippen molar-refractivity contribution in [1.82, 2.24) is 9.97 Å². The van der Waals surface area contributed by atoms with Gasteiger partial charge in [0.25, 0.3) is 0 Å². The predicted octanol–water partition coefficient (Wildman–Crippen LogP) is 6.77. The quantitative estimate of drug-likeness (QED) is 0.346. The number of aromatic nitrogens is 2. The molecule has 0 aliphatic heterocycles. The van der Waals surface area contributed by atoms with Crippen LogP contribution in [0.25, 0.3) is 33.2 Å². The monoisotopic (exact) mass is 412 g/mol. The lowest BCUT2D eigenvalue weighted by Gasteiger charge is -2.11. The number of nitrogens with zero attached hydrogens (tertiary/aromatic N) is 3. The lowest BCUT2D eigenvalue weighted by Crippen LogP contribution is -1.96. The van der Waals surface area contributed by atoms with E-state index in [1.165, 1.54) is 11.1 Å². The normalized spacial score (nSPS) is 10.6. The Morgan fingerprint density at radius 2 is 1.34 bits per heavy atom. The summed E-state index contributed by atoms with van der Waals surface area (Å²) in [5.74, 6) is 0.755. The molecule has 0 unspecified atom stereocenters. The van der Waals surface area contributed by atoms with Crippen LogP contribution in [-0.2, 0) is 6.42 Å². The lowest BCUT2D eigenvalue weighted by molar-refractivity contribution is 1.21. The summed E-state index contributed by atoms with van der Waals surface area (Å²) in [5, 5.41) is 13.2. The van der Waals surface area contributed by atoms with Crippen LogP contribution in [0.15, 0.2) is 103 Å². The minimum Gasteiger partial charge on any atom is -0.340 e. The molecule has 0 saturated carbocycles. The number of nitrogens with one attached hydrogen (secondary N) is 1. The summed E-state index contributed by atoms with van der Waals surface area (Å²) in [4.78, 5) is 8.90. The van der Waals surface area contributed by atoms with Crippen LogP contribution in [0.5, 0.6) is 0 Å². The molecule has 0 atom stereocenters. The molecule has 0 aliphatic rings. The van der Waals surface area contributed by atoms with E-state index in [9.17, 15) is 0 Å². The van der Waals surface area contributed by atoms with Crippen LogP contribution in [0.4, 0.5) is 11.5 Å². The molecular weight excluding hydrogens is 392 g/mol. The summed E-state index contributed by atoms with van der Waals surface area (Å²) in [6.07, 6.45) is 1.98. The topological polar surface area (TPSA) is 61.6 Å². The van der Waals surface area contributed by atoms with E-state index in [0.29, 0.717) is 6.42 Å². The average molecular weight is 412 g/mol. The smallest absolute Gasteiger partial charge is 0.141 e. The second-order valence-electron chi connectivity index (χ2n) is 7.55. The Labute approximate surface area is 186 Å². The molecule has 0 bridgehead atoms. The highest BCUT2D eigenvalue weighted by Gasteiger charge is 2.08. The molecule has 0 spiro atoms. The third kappa shape index (κ3) is 4.05. The van der Waals surface area contributed by atoms with Gasteiger partial charge in [0, 0.05) is 11.1 Å². The van der Waals surface area contributed by atoms with Crippen molar-refractivity contribution in [3.8, 4) is 28.3 Å². The van der Waals surface area contributed by atoms with Crippen molar-refractivity contribution in [2.45, 2.75) is 6.42 Å². The second-order valence-corrected chi connectivity index (χ2v) is 7.55. The van der Waals surface area contributed by atoms with Crippen LogP contribution in [0.2, 0.25) is 0 Å². The van der Waals surface area contributed by atoms with Gasteiger partial charge in [0.05, 0.1) is 18.0 Å². The predicted molar refractivity (Wildman–Crippen MR) is 129 cm³/mol. The number of hydrogen-bond donors (Lipinski definition) is 1. The molecule has 0 fully saturated rings. The maximum absolute atomic E-state index is 8.85. The molecule has 1 aromatic heterocycles. The Morgan fingerprint density at radius 1 is 0.688 bits per heavy atom. The zero-order valence-corrected chi connectivity index (χ0v) is 17.4.